The summed E-state index contributed by atoms with van der Waals surface area (Å²) in [5.41, 5.74) is 1.90. The van der Waals surface area contributed by atoms with E-state index in [-0.39, 0.29) is 30.2 Å². The molecule has 0 amide bonds. The third kappa shape index (κ3) is 5.07. The number of aliphatic carboxylic acids is 1. The van der Waals surface area contributed by atoms with Crippen LogP contribution in [0.5, 0.6) is 0 Å². The Bertz CT molecular complexity index is 555. The first-order valence-electron chi connectivity index (χ1n) is 8.41. The van der Waals surface area contributed by atoms with Crippen LogP contribution in [0.1, 0.15) is 49.1 Å². The molecule has 2 rings (SSSR count). The van der Waals surface area contributed by atoms with Crippen molar-refractivity contribution in [3.05, 3.63) is 47.5 Å². The fourth-order valence-corrected chi connectivity index (χ4v) is 3.86. The summed E-state index contributed by atoms with van der Waals surface area (Å²) in [6.07, 6.45) is 6.50. The van der Waals surface area contributed by atoms with Gasteiger partial charge in [-0.2, -0.15) is 0 Å². The van der Waals surface area contributed by atoms with Gasteiger partial charge < -0.3 is 15.3 Å². The Kier molecular flexibility index (Phi) is 7.28. The van der Waals surface area contributed by atoms with Crippen LogP contribution in [0.4, 0.5) is 0 Å². The Morgan fingerprint density at radius 1 is 1.25 bits per heavy atom. The molecule has 0 unspecified atom stereocenters. The van der Waals surface area contributed by atoms with Crippen LogP contribution in [0.15, 0.2) is 36.4 Å². The van der Waals surface area contributed by atoms with E-state index in [1.54, 1.807) is 0 Å². The Balaban J connectivity index is 1.97. The molecule has 0 aromatic heterocycles. The van der Waals surface area contributed by atoms with Gasteiger partial charge in [-0.25, -0.2) is 0 Å². The van der Waals surface area contributed by atoms with Crippen LogP contribution >= 0.6 is 11.6 Å². The quantitative estimate of drug-likeness (QED) is 0.380. The molecule has 4 nitrogen and oxygen atoms in total. The normalized spacial score (nSPS) is 27.0. The van der Waals surface area contributed by atoms with E-state index in [0.29, 0.717) is 12.8 Å². The molecule has 1 aliphatic carbocycles. The van der Waals surface area contributed by atoms with Crippen molar-refractivity contribution in [2.24, 2.45) is 5.92 Å². The minimum Gasteiger partial charge on any atom is -0.481 e. The highest BCUT2D eigenvalue weighted by Crippen LogP contribution is 2.44. The number of unbranched alkanes of at least 4 members (excludes halogenated alkanes) is 1. The lowest BCUT2D eigenvalue weighted by atomic mass is 9.85. The van der Waals surface area contributed by atoms with E-state index < -0.39 is 12.1 Å². The molecule has 0 bridgehead atoms. The summed E-state index contributed by atoms with van der Waals surface area (Å²) in [6.45, 7) is 0.00808. The zero-order valence-electron chi connectivity index (χ0n) is 13.6. The summed E-state index contributed by atoms with van der Waals surface area (Å²) in [6, 6.07) is 7.67. The predicted molar refractivity (Wildman–Crippen MR) is 94.1 cm³/mol. The molecule has 1 aromatic rings. The van der Waals surface area contributed by atoms with Gasteiger partial charge in [0.25, 0.3) is 0 Å². The largest absolute Gasteiger partial charge is 0.481 e. The Morgan fingerprint density at radius 2 is 1.96 bits per heavy atom. The second kappa shape index (κ2) is 9.21. The third-order valence-corrected chi connectivity index (χ3v) is 5.19. The molecule has 1 aromatic carbocycles. The number of aliphatic hydroxyl groups excluding tert-OH is 2. The number of carboxylic acids is 1. The zero-order valence-corrected chi connectivity index (χ0v) is 14.4. The van der Waals surface area contributed by atoms with Crippen molar-refractivity contribution in [3.8, 4) is 0 Å². The monoisotopic (exact) mass is 352 g/mol. The van der Waals surface area contributed by atoms with Gasteiger partial charge in [0, 0.05) is 17.7 Å². The van der Waals surface area contributed by atoms with Gasteiger partial charge in [-0.3, -0.25) is 4.79 Å². The van der Waals surface area contributed by atoms with Crippen LogP contribution in [-0.2, 0) is 11.4 Å². The lowest BCUT2D eigenvalue weighted by Crippen LogP contribution is -2.18. The zero-order chi connectivity index (χ0) is 17.5. The van der Waals surface area contributed by atoms with E-state index in [9.17, 15) is 9.90 Å². The van der Waals surface area contributed by atoms with Gasteiger partial charge in [-0.05, 0) is 42.7 Å². The highest BCUT2D eigenvalue weighted by molar-refractivity contribution is 6.21. The third-order valence-electron chi connectivity index (χ3n) is 4.69. The molecular formula is C19H25ClO4. The summed E-state index contributed by atoms with van der Waals surface area (Å²) >= 11 is 6.45. The van der Waals surface area contributed by atoms with Gasteiger partial charge in [-0.15, -0.1) is 11.6 Å². The summed E-state index contributed by atoms with van der Waals surface area (Å²) in [5, 5.41) is 28.1. The van der Waals surface area contributed by atoms with Crippen molar-refractivity contribution in [1.29, 1.82) is 0 Å². The first-order valence-corrected chi connectivity index (χ1v) is 8.85. The summed E-state index contributed by atoms with van der Waals surface area (Å²) < 4.78 is 0. The minimum atomic E-state index is -0.769. The molecule has 5 heteroatoms. The van der Waals surface area contributed by atoms with E-state index in [1.807, 2.05) is 30.3 Å². The van der Waals surface area contributed by atoms with Crippen LogP contribution in [0.3, 0.4) is 0 Å². The molecule has 3 N–H and O–H groups in total. The number of benzene rings is 1. The molecule has 0 saturated heterocycles. The fraction of sp³-hybridized carbons (Fsp3) is 0.526. The van der Waals surface area contributed by atoms with Crippen molar-refractivity contribution >= 4 is 17.6 Å². The van der Waals surface area contributed by atoms with Crippen LogP contribution < -0.4 is 0 Å². The molecule has 24 heavy (non-hydrogen) atoms. The van der Waals surface area contributed by atoms with Crippen molar-refractivity contribution < 1.29 is 20.1 Å². The molecule has 0 aliphatic heterocycles. The van der Waals surface area contributed by atoms with Gasteiger partial charge in [-0.1, -0.05) is 36.4 Å². The highest BCUT2D eigenvalue weighted by Gasteiger charge is 2.41. The topological polar surface area (TPSA) is 77.8 Å². The highest BCUT2D eigenvalue weighted by atomic mass is 35.5. The number of hydrogen-bond acceptors (Lipinski definition) is 3. The van der Waals surface area contributed by atoms with E-state index in [0.717, 1.165) is 24.0 Å². The van der Waals surface area contributed by atoms with Crippen LogP contribution in [-0.4, -0.2) is 32.8 Å². The minimum absolute atomic E-state index is 0.00808. The molecule has 0 heterocycles. The van der Waals surface area contributed by atoms with E-state index in [2.05, 4.69) is 6.08 Å². The summed E-state index contributed by atoms with van der Waals surface area (Å²) in [7, 11) is 0. The van der Waals surface area contributed by atoms with Gasteiger partial charge in [0.1, 0.15) is 0 Å². The number of halogens is 1. The van der Waals surface area contributed by atoms with Crippen LogP contribution in [0.25, 0.3) is 0 Å². The number of allylic oxidation sites excluding steroid dienone is 2. The summed E-state index contributed by atoms with van der Waals surface area (Å²) in [5.74, 6) is -0.629. The van der Waals surface area contributed by atoms with Crippen LogP contribution in [0.2, 0.25) is 0 Å². The molecular weight excluding hydrogens is 328 g/mol. The lowest BCUT2D eigenvalue weighted by molar-refractivity contribution is -0.137. The SMILES string of the molecule is O=C(O)CCCC=CC[C@@H]1[C@@H](c2ccc(CO)cc2)[C@H](O)C[C@H]1Cl. The van der Waals surface area contributed by atoms with Gasteiger partial charge >= 0.3 is 5.97 Å². The van der Waals surface area contributed by atoms with E-state index in [1.165, 1.54) is 0 Å². The van der Waals surface area contributed by atoms with Crippen LogP contribution in [0, 0.1) is 5.92 Å². The molecule has 1 saturated carbocycles. The van der Waals surface area contributed by atoms with Crippen molar-refractivity contribution in [1.82, 2.24) is 0 Å². The number of alkyl halides is 1. The Hall–Kier alpha value is -1.36. The number of rotatable bonds is 8. The molecule has 1 fully saturated rings. The molecule has 4 atom stereocenters. The van der Waals surface area contributed by atoms with Gasteiger partial charge in [0.15, 0.2) is 0 Å². The average molecular weight is 353 g/mol. The van der Waals surface area contributed by atoms with Crippen molar-refractivity contribution in [2.75, 3.05) is 0 Å². The molecule has 132 valence electrons. The van der Waals surface area contributed by atoms with E-state index >= 15 is 0 Å². The first kappa shape index (κ1) is 19.0. The number of aliphatic hydroxyl groups is 2. The van der Waals surface area contributed by atoms with E-state index in [4.69, 9.17) is 21.8 Å². The van der Waals surface area contributed by atoms with Gasteiger partial charge in [0.2, 0.25) is 0 Å². The average Bonchev–Trinajstić information content (AvgIpc) is 2.84. The lowest BCUT2D eigenvalue weighted by Gasteiger charge is -2.23. The maximum Gasteiger partial charge on any atom is 0.303 e. The second-order valence-corrected chi connectivity index (χ2v) is 6.96. The second-order valence-electron chi connectivity index (χ2n) is 6.40. The fourth-order valence-electron chi connectivity index (χ4n) is 3.41. The maximum atomic E-state index is 10.5. The van der Waals surface area contributed by atoms with Crippen molar-refractivity contribution in [2.45, 2.75) is 56.1 Å². The number of carbonyl (C=O) groups is 1. The Labute approximate surface area is 147 Å². The smallest absolute Gasteiger partial charge is 0.303 e. The molecule has 1 aliphatic rings. The Morgan fingerprint density at radius 3 is 2.58 bits per heavy atom. The number of carboxylic acid groups (broad SMARTS) is 1. The molecule has 0 radical (unpaired) electrons. The van der Waals surface area contributed by atoms with Gasteiger partial charge in [0.05, 0.1) is 12.7 Å². The first-order chi connectivity index (χ1) is 11.5. The van der Waals surface area contributed by atoms with Crippen molar-refractivity contribution in [3.63, 3.8) is 0 Å². The maximum absolute atomic E-state index is 10.5. The summed E-state index contributed by atoms with van der Waals surface area (Å²) in [4.78, 5) is 10.5. The predicted octanol–water partition coefficient (Wildman–Crippen LogP) is 3.45. The standard InChI is InChI=1S/C19H25ClO4/c20-16-11-17(22)19(14-9-7-13(12-21)8-10-14)15(16)5-3-1-2-4-6-18(23)24/h1,3,7-10,15-17,19,21-22H,2,4-6,11-12H2,(H,23,24)/t15-,16+,17+,19+/m0/s1. The number of hydrogen-bond donors (Lipinski definition) is 3. The molecule has 0 spiro atoms.